The van der Waals surface area contributed by atoms with Gasteiger partial charge in [0.25, 0.3) is 0 Å². The Bertz CT molecular complexity index is 534. The highest BCUT2D eigenvalue weighted by Crippen LogP contribution is 2.42. The molecule has 0 saturated heterocycles. The predicted molar refractivity (Wildman–Crippen MR) is 60.4 cm³/mol. The van der Waals surface area contributed by atoms with E-state index in [0.29, 0.717) is 6.42 Å². The van der Waals surface area contributed by atoms with Gasteiger partial charge in [0.2, 0.25) is 0 Å². The number of allylic oxidation sites excluding steroid dienone is 4. The lowest BCUT2D eigenvalue weighted by molar-refractivity contribution is -0.110. The topological polar surface area (TPSA) is 34.1 Å². The van der Waals surface area contributed by atoms with Crippen LogP contribution in [0, 0.1) is 0 Å². The Morgan fingerprint density at radius 1 is 1.00 bits per heavy atom. The van der Waals surface area contributed by atoms with E-state index in [1.807, 2.05) is 36.4 Å². The van der Waals surface area contributed by atoms with Crippen LogP contribution in [-0.2, 0) is 10.2 Å². The highest BCUT2D eigenvalue weighted by Gasteiger charge is 2.40. The molecule has 2 heteroatoms. The second kappa shape index (κ2) is 3.01. The van der Waals surface area contributed by atoms with Crippen molar-refractivity contribution in [2.75, 3.05) is 0 Å². The molecule has 1 spiro atoms. The fraction of sp³-hybridized carbons (Fsp3) is 0.143. The highest BCUT2D eigenvalue weighted by molar-refractivity contribution is 6.06. The third-order valence-corrected chi connectivity index (χ3v) is 3.27. The van der Waals surface area contributed by atoms with Crippen molar-refractivity contribution in [2.45, 2.75) is 11.8 Å². The van der Waals surface area contributed by atoms with Gasteiger partial charge >= 0.3 is 0 Å². The van der Waals surface area contributed by atoms with Crippen molar-refractivity contribution >= 4 is 11.6 Å². The summed E-state index contributed by atoms with van der Waals surface area (Å²) in [6, 6.07) is 7.61. The molecule has 1 aromatic rings. The van der Waals surface area contributed by atoms with Gasteiger partial charge in [0, 0.05) is 17.4 Å². The summed E-state index contributed by atoms with van der Waals surface area (Å²) in [5.74, 6) is 0.140. The standard InChI is InChI=1S/C14H10O2/c15-10-5-7-14(8-6-10)9-13(16)11-3-1-2-4-12(11)14/h1-8H,9H2. The minimum absolute atomic E-state index is 0.0116. The van der Waals surface area contributed by atoms with Crippen LogP contribution in [0.15, 0.2) is 48.6 Å². The first-order valence-corrected chi connectivity index (χ1v) is 5.26. The Morgan fingerprint density at radius 3 is 2.44 bits per heavy atom. The van der Waals surface area contributed by atoms with E-state index in [4.69, 9.17) is 0 Å². The first-order chi connectivity index (χ1) is 7.71. The molecule has 16 heavy (non-hydrogen) atoms. The lowest BCUT2D eigenvalue weighted by Crippen LogP contribution is -2.20. The van der Waals surface area contributed by atoms with Crippen molar-refractivity contribution < 1.29 is 9.59 Å². The highest BCUT2D eigenvalue weighted by atomic mass is 16.1. The molecule has 0 bridgehead atoms. The molecule has 0 aliphatic heterocycles. The van der Waals surface area contributed by atoms with Crippen LogP contribution >= 0.6 is 0 Å². The van der Waals surface area contributed by atoms with Crippen LogP contribution < -0.4 is 0 Å². The minimum Gasteiger partial charge on any atom is -0.294 e. The number of benzene rings is 1. The zero-order valence-electron chi connectivity index (χ0n) is 8.64. The molecule has 0 saturated carbocycles. The molecule has 0 fully saturated rings. The van der Waals surface area contributed by atoms with Crippen molar-refractivity contribution in [3.05, 3.63) is 59.7 Å². The van der Waals surface area contributed by atoms with Gasteiger partial charge in [-0.2, -0.15) is 0 Å². The van der Waals surface area contributed by atoms with Gasteiger partial charge in [-0.1, -0.05) is 36.4 Å². The van der Waals surface area contributed by atoms with Crippen LogP contribution in [0.4, 0.5) is 0 Å². The number of hydrogen-bond acceptors (Lipinski definition) is 2. The summed E-state index contributed by atoms with van der Waals surface area (Å²) < 4.78 is 0. The molecule has 2 nitrogen and oxygen atoms in total. The van der Waals surface area contributed by atoms with Gasteiger partial charge in [-0.25, -0.2) is 0 Å². The molecule has 3 rings (SSSR count). The fourth-order valence-corrected chi connectivity index (χ4v) is 2.46. The molecule has 0 radical (unpaired) electrons. The summed E-state index contributed by atoms with van der Waals surface area (Å²) in [4.78, 5) is 23.0. The van der Waals surface area contributed by atoms with Gasteiger partial charge < -0.3 is 0 Å². The van der Waals surface area contributed by atoms with Gasteiger partial charge in [-0.3, -0.25) is 9.59 Å². The molecular formula is C14H10O2. The predicted octanol–water partition coefficient (Wildman–Crippen LogP) is 2.21. The second-order valence-corrected chi connectivity index (χ2v) is 4.25. The zero-order chi connectivity index (χ0) is 11.2. The van der Waals surface area contributed by atoms with Crippen LogP contribution in [0.2, 0.25) is 0 Å². The van der Waals surface area contributed by atoms with E-state index in [1.165, 1.54) is 0 Å². The van der Waals surface area contributed by atoms with Gasteiger partial charge in [0.15, 0.2) is 11.6 Å². The molecule has 78 valence electrons. The third-order valence-electron chi connectivity index (χ3n) is 3.27. The smallest absolute Gasteiger partial charge is 0.178 e. The molecule has 0 atom stereocenters. The first-order valence-electron chi connectivity index (χ1n) is 5.26. The van der Waals surface area contributed by atoms with E-state index in [1.54, 1.807) is 12.2 Å². The van der Waals surface area contributed by atoms with E-state index in [9.17, 15) is 9.59 Å². The third kappa shape index (κ3) is 1.13. The van der Waals surface area contributed by atoms with Crippen LogP contribution in [0.1, 0.15) is 22.3 Å². The summed E-state index contributed by atoms with van der Waals surface area (Å²) in [5.41, 5.74) is 1.42. The average Bonchev–Trinajstić information content (AvgIpc) is 2.58. The zero-order valence-corrected chi connectivity index (χ0v) is 8.64. The van der Waals surface area contributed by atoms with Gasteiger partial charge in [0.1, 0.15) is 0 Å². The van der Waals surface area contributed by atoms with E-state index in [0.717, 1.165) is 11.1 Å². The van der Waals surface area contributed by atoms with E-state index >= 15 is 0 Å². The van der Waals surface area contributed by atoms with Gasteiger partial charge in [-0.05, 0) is 17.7 Å². The molecule has 0 heterocycles. The Balaban J connectivity index is 2.20. The van der Waals surface area contributed by atoms with Crippen LogP contribution in [0.5, 0.6) is 0 Å². The number of fused-ring (bicyclic) bond motifs is 2. The summed E-state index contributed by atoms with van der Waals surface area (Å²) in [5, 5.41) is 0. The Kier molecular flexibility index (Phi) is 1.75. The Morgan fingerprint density at radius 2 is 1.69 bits per heavy atom. The number of carbonyl (C=O) groups is 2. The lowest BCUT2D eigenvalue weighted by Gasteiger charge is -2.23. The second-order valence-electron chi connectivity index (χ2n) is 4.25. The molecule has 2 aliphatic rings. The first kappa shape index (κ1) is 9.28. The molecule has 2 aliphatic carbocycles. The van der Waals surface area contributed by atoms with E-state index < -0.39 is 0 Å². The number of hydrogen-bond donors (Lipinski definition) is 0. The molecule has 1 aromatic carbocycles. The molecule has 0 unspecified atom stereocenters. The van der Waals surface area contributed by atoms with E-state index in [2.05, 4.69) is 0 Å². The normalized spacial score (nSPS) is 20.5. The number of ketones is 2. The molecular weight excluding hydrogens is 200 g/mol. The quantitative estimate of drug-likeness (QED) is 0.657. The van der Waals surface area contributed by atoms with Crippen molar-refractivity contribution in [1.82, 2.24) is 0 Å². The molecule has 0 aromatic heterocycles. The Labute approximate surface area is 93.3 Å². The summed E-state index contributed by atoms with van der Waals surface area (Å²) in [6.07, 6.45) is 7.23. The van der Waals surface area contributed by atoms with E-state index in [-0.39, 0.29) is 17.0 Å². The lowest BCUT2D eigenvalue weighted by atomic mass is 9.79. The number of rotatable bonds is 0. The summed E-state index contributed by atoms with van der Waals surface area (Å²) >= 11 is 0. The SMILES string of the molecule is O=C1C=CC2(C=C1)CC(=O)c1ccccc12. The van der Waals surface area contributed by atoms with Crippen molar-refractivity contribution in [3.8, 4) is 0 Å². The number of Topliss-reactive ketones (excluding diaryl/α,β-unsaturated/α-hetero) is 1. The van der Waals surface area contributed by atoms with Crippen LogP contribution in [-0.4, -0.2) is 11.6 Å². The maximum atomic E-state index is 11.9. The largest absolute Gasteiger partial charge is 0.294 e. The number of carbonyl (C=O) groups excluding carboxylic acids is 2. The maximum absolute atomic E-state index is 11.9. The average molecular weight is 210 g/mol. The summed E-state index contributed by atoms with van der Waals surface area (Å²) in [7, 11) is 0. The summed E-state index contributed by atoms with van der Waals surface area (Å²) in [6.45, 7) is 0. The fourth-order valence-electron chi connectivity index (χ4n) is 2.46. The van der Waals surface area contributed by atoms with Crippen molar-refractivity contribution in [3.63, 3.8) is 0 Å². The van der Waals surface area contributed by atoms with Crippen LogP contribution in [0.3, 0.4) is 0 Å². The van der Waals surface area contributed by atoms with Gasteiger partial charge in [0.05, 0.1) is 0 Å². The van der Waals surface area contributed by atoms with Crippen molar-refractivity contribution in [1.29, 1.82) is 0 Å². The molecule has 0 N–H and O–H groups in total. The van der Waals surface area contributed by atoms with Gasteiger partial charge in [-0.15, -0.1) is 0 Å². The van der Waals surface area contributed by atoms with Crippen molar-refractivity contribution in [2.24, 2.45) is 0 Å². The molecule has 0 amide bonds. The Hall–Kier alpha value is -1.96. The minimum atomic E-state index is -0.373. The maximum Gasteiger partial charge on any atom is 0.178 e. The monoisotopic (exact) mass is 210 g/mol. The van der Waals surface area contributed by atoms with Crippen LogP contribution in [0.25, 0.3) is 0 Å².